The van der Waals surface area contributed by atoms with E-state index in [0.717, 1.165) is 21.7 Å². The number of thiophene rings is 1. The zero-order chi connectivity index (χ0) is 19.3. The molecule has 2 aromatic heterocycles. The molecule has 0 bridgehead atoms. The molecular weight excluding hydrogens is 389 g/mol. The highest BCUT2D eigenvalue weighted by atomic mass is 32.2. The minimum Gasteiger partial charge on any atom is -0.349 e. The van der Waals surface area contributed by atoms with Gasteiger partial charge in [0.2, 0.25) is 5.91 Å². The van der Waals surface area contributed by atoms with Crippen molar-refractivity contribution in [1.29, 1.82) is 0 Å². The number of para-hydroxylation sites is 1. The van der Waals surface area contributed by atoms with E-state index < -0.39 is 28.3 Å². The molecule has 9 heteroatoms. The minimum absolute atomic E-state index is 0.0308. The van der Waals surface area contributed by atoms with Gasteiger partial charge in [0, 0.05) is 6.20 Å². The molecule has 3 aromatic rings. The molecule has 140 valence electrons. The number of sulfonamides is 1. The first kappa shape index (κ1) is 19.0. The summed E-state index contributed by atoms with van der Waals surface area (Å²) in [4.78, 5) is 16.5. The molecule has 0 aliphatic heterocycles. The Morgan fingerprint density at radius 1 is 1.11 bits per heavy atom. The molecule has 3 rings (SSSR count). The van der Waals surface area contributed by atoms with E-state index in [2.05, 4.69) is 10.3 Å². The van der Waals surface area contributed by atoms with Gasteiger partial charge in [-0.2, -0.15) is 0 Å². The molecule has 0 spiro atoms. The second-order valence-electron chi connectivity index (χ2n) is 5.49. The largest absolute Gasteiger partial charge is 0.349 e. The van der Waals surface area contributed by atoms with Crippen molar-refractivity contribution in [3.63, 3.8) is 0 Å². The number of carbonyl (C=O) groups excluding carboxylic acids is 1. The van der Waals surface area contributed by atoms with Crippen LogP contribution in [0.1, 0.15) is 5.69 Å². The van der Waals surface area contributed by atoms with E-state index in [-0.39, 0.29) is 16.4 Å². The fourth-order valence-electron chi connectivity index (χ4n) is 2.35. The Morgan fingerprint density at radius 2 is 1.89 bits per heavy atom. The number of halogens is 1. The summed E-state index contributed by atoms with van der Waals surface area (Å²) in [7, 11) is -4.08. The third kappa shape index (κ3) is 4.50. The van der Waals surface area contributed by atoms with Crippen LogP contribution in [-0.4, -0.2) is 25.9 Å². The topological polar surface area (TPSA) is 79.4 Å². The van der Waals surface area contributed by atoms with Crippen LogP contribution in [0.3, 0.4) is 0 Å². The standard InChI is InChI=1S/C18H16FN3O3S2/c19-15-7-1-2-8-16(15)22(27(24,25)18-9-5-11-26-18)13-17(23)21-12-14-6-3-4-10-20-14/h1-11H,12-13H2,(H,21,23). The number of nitrogens with one attached hydrogen (secondary N) is 1. The lowest BCUT2D eigenvalue weighted by molar-refractivity contribution is -0.119. The maximum absolute atomic E-state index is 14.3. The Morgan fingerprint density at radius 3 is 2.56 bits per heavy atom. The van der Waals surface area contributed by atoms with Gasteiger partial charge in [0.1, 0.15) is 16.6 Å². The molecule has 0 radical (unpaired) electrons. The molecule has 0 atom stereocenters. The van der Waals surface area contributed by atoms with E-state index in [0.29, 0.717) is 5.69 Å². The summed E-state index contributed by atoms with van der Waals surface area (Å²) < 4.78 is 40.9. The van der Waals surface area contributed by atoms with E-state index in [1.54, 1.807) is 35.8 Å². The fourth-order valence-corrected chi connectivity index (χ4v) is 4.88. The van der Waals surface area contributed by atoms with Crippen LogP contribution in [0.2, 0.25) is 0 Å². The van der Waals surface area contributed by atoms with Crippen molar-refractivity contribution in [2.75, 3.05) is 10.8 Å². The second-order valence-corrected chi connectivity index (χ2v) is 8.53. The SMILES string of the molecule is O=C(CN(c1ccccc1F)S(=O)(=O)c1cccs1)NCc1ccccn1. The highest BCUT2D eigenvalue weighted by Crippen LogP contribution is 2.28. The first-order valence-electron chi connectivity index (χ1n) is 7.96. The summed E-state index contributed by atoms with van der Waals surface area (Å²) in [6, 6.07) is 13.7. The molecule has 0 unspecified atom stereocenters. The van der Waals surface area contributed by atoms with Gasteiger partial charge in [-0.05, 0) is 35.7 Å². The molecule has 27 heavy (non-hydrogen) atoms. The van der Waals surface area contributed by atoms with Gasteiger partial charge in [-0.3, -0.25) is 14.1 Å². The van der Waals surface area contributed by atoms with Crippen LogP contribution in [0.4, 0.5) is 10.1 Å². The van der Waals surface area contributed by atoms with E-state index in [1.807, 2.05) is 0 Å². The van der Waals surface area contributed by atoms with E-state index >= 15 is 0 Å². The first-order chi connectivity index (χ1) is 13.0. The van der Waals surface area contributed by atoms with Crippen LogP contribution < -0.4 is 9.62 Å². The Kier molecular flexibility index (Phi) is 5.82. The van der Waals surface area contributed by atoms with Crippen molar-refractivity contribution in [1.82, 2.24) is 10.3 Å². The van der Waals surface area contributed by atoms with Crippen LogP contribution in [0, 0.1) is 5.82 Å². The van der Waals surface area contributed by atoms with E-state index in [4.69, 9.17) is 0 Å². The van der Waals surface area contributed by atoms with Crippen molar-refractivity contribution in [3.05, 3.63) is 77.7 Å². The number of hydrogen-bond donors (Lipinski definition) is 1. The van der Waals surface area contributed by atoms with Gasteiger partial charge in [-0.1, -0.05) is 24.3 Å². The minimum atomic E-state index is -4.08. The van der Waals surface area contributed by atoms with E-state index in [9.17, 15) is 17.6 Å². The van der Waals surface area contributed by atoms with Crippen molar-refractivity contribution < 1.29 is 17.6 Å². The molecular formula is C18H16FN3O3S2. The quantitative estimate of drug-likeness (QED) is 0.656. The predicted molar refractivity (Wildman–Crippen MR) is 101 cm³/mol. The van der Waals surface area contributed by atoms with E-state index in [1.165, 1.54) is 24.3 Å². The Balaban J connectivity index is 1.84. The summed E-state index contributed by atoms with van der Waals surface area (Å²) in [5, 5.41) is 4.21. The average molecular weight is 405 g/mol. The summed E-state index contributed by atoms with van der Waals surface area (Å²) in [6.07, 6.45) is 1.59. The highest BCUT2D eigenvalue weighted by molar-refractivity contribution is 7.94. The summed E-state index contributed by atoms with van der Waals surface area (Å²) >= 11 is 1.00. The zero-order valence-electron chi connectivity index (χ0n) is 14.1. The third-order valence-corrected chi connectivity index (χ3v) is 6.77. The zero-order valence-corrected chi connectivity index (χ0v) is 15.7. The Labute approximate surface area is 160 Å². The Bertz CT molecular complexity index is 1010. The molecule has 1 aromatic carbocycles. The number of anilines is 1. The monoisotopic (exact) mass is 405 g/mol. The van der Waals surface area contributed by atoms with Crippen molar-refractivity contribution in [2.45, 2.75) is 10.8 Å². The summed E-state index contributed by atoms with van der Waals surface area (Å²) in [5.74, 6) is -1.29. The molecule has 2 heterocycles. The number of benzene rings is 1. The van der Waals surface area contributed by atoms with Gasteiger partial charge in [0.05, 0.1) is 17.9 Å². The van der Waals surface area contributed by atoms with Gasteiger partial charge in [0.25, 0.3) is 10.0 Å². The molecule has 0 aliphatic rings. The number of rotatable bonds is 7. The van der Waals surface area contributed by atoms with Crippen molar-refractivity contribution in [3.8, 4) is 0 Å². The van der Waals surface area contributed by atoms with Crippen LogP contribution in [0.25, 0.3) is 0 Å². The average Bonchev–Trinajstić information content (AvgIpc) is 3.22. The van der Waals surface area contributed by atoms with Gasteiger partial charge >= 0.3 is 0 Å². The summed E-state index contributed by atoms with van der Waals surface area (Å²) in [6.45, 7) is -0.405. The predicted octanol–water partition coefficient (Wildman–Crippen LogP) is 2.79. The molecule has 1 amide bonds. The second kappa shape index (κ2) is 8.28. The van der Waals surface area contributed by atoms with Gasteiger partial charge in [0.15, 0.2) is 0 Å². The summed E-state index contributed by atoms with van der Waals surface area (Å²) in [5.41, 5.74) is 0.447. The Hall–Kier alpha value is -2.78. The number of nitrogens with zero attached hydrogens (tertiary/aromatic N) is 2. The normalized spacial score (nSPS) is 11.1. The van der Waals surface area contributed by atoms with Gasteiger partial charge in [-0.25, -0.2) is 12.8 Å². The van der Waals surface area contributed by atoms with Crippen LogP contribution in [-0.2, 0) is 21.4 Å². The van der Waals surface area contributed by atoms with Crippen LogP contribution in [0.15, 0.2) is 70.4 Å². The smallest absolute Gasteiger partial charge is 0.274 e. The third-order valence-electron chi connectivity index (χ3n) is 3.64. The molecule has 0 aliphatic carbocycles. The van der Waals surface area contributed by atoms with Crippen molar-refractivity contribution >= 4 is 33.0 Å². The van der Waals surface area contributed by atoms with Crippen LogP contribution >= 0.6 is 11.3 Å². The molecule has 0 saturated carbocycles. The maximum atomic E-state index is 14.3. The highest BCUT2D eigenvalue weighted by Gasteiger charge is 2.29. The van der Waals surface area contributed by atoms with Crippen molar-refractivity contribution in [2.24, 2.45) is 0 Å². The lowest BCUT2D eigenvalue weighted by Crippen LogP contribution is -2.41. The van der Waals surface area contributed by atoms with Crippen LogP contribution in [0.5, 0.6) is 0 Å². The lowest BCUT2D eigenvalue weighted by atomic mass is 10.3. The first-order valence-corrected chi connectivity index (χ1v) is 10.3. The maximum Gasteiger partial charge on any atom is 0.274 e. The van der Waals surface area contributed by atoms with Gasteiger partial charge in [-0.15, -0.1) is 11.3 Å². The number of pyridine rings is 1. The number of amides is 1. The molecule has 1 N–H and O–H groups in total. The fraction of sp³-hybridized carbons (Fsp3) is 0.111. The van der Waals surface area contributed by atoms with Gasteiger partial charge < -0.3 is 5.32 Å². The molecule has 0 saturated heterocycles. The molecule has 0 fully saturated rings. The molecule has 6 nitrogen and oxygen atoms in total. The number of hydrogen-bond acceptors (Lipinski definition) is 5. The number of aromatic nitrogens is 1. The lowest BCUT2D eigenvalue weighted by Gasteiger charge is -2.23. The number of carbonyl (C=O) groups is 1.